The van der Waals surface area contributed by atoms with Gasteiger partial charge in [0.05, 0.1) is 0 Å². The summed E-state index contributed by atoms with van der Waals surface area (Å²) < 4.78 is 5.40. The molecule has 0 saturated heterocycles. The van der Waals surface area contributed by atoms with Crippen LogP contribution in [0.5, 0.6) is 0 Å². The molecule has 0 unspecified atom stereocenters. The Kier molecular flexibility index (Phi) is 3.36. The average molecular weight is 296 g/mol. The summed E-state index contributed by atoms with van der Waals surface area (Å²) in [5, 5.41) is 0. The van der Waals surface area contributed by atoms with Crippen LogP contribution in [0.3, 0.4) is 0 Å². The monoisotopic (exact) mass is 296 g/mol. The highest BCUT2D eigenvalue weighted by molar-refractivity contribution is 5.66. The largest absolute Gasteiger partial charge is 0.465 e. The molecule has 2 fully saturated rings. The molecule has 0 aromatic rings. The first-order chi connectivity index (χ1) is 10.7. The van der Waals surface area contributed by atoms with Crippen molar-refractivity contribution in [3.63, 3.8) is 0 Å². The highest BCUT2D eigenvalue weighted by Crippen LogP contribution is 2.55. The molecule has 4 aliphatic carbocycles. The van der Waals surface area contributed by atoms with E-state index in [0.717, 1.165) is 12.3 Å². The van der Waals surface area contributed by atoms with E-state index < -0.39 is 0 Å². The highest BCUT2D eigenvalue weighted by atomic mass is 16.5. The molecule has 2 nitrogen and oxygen atoms in total. The van der Waals surface area contributed by atoms with Gasteiger partial charge in [-0.3, -0.25) is 4.79 Å². The summed E-state index contributed by atoms with van der Waals surface area (Å²) in [6.07, 6.45) is 19.1. The topological polar surface area (TPSA) is 26.3 Å². The van der Waals surface area contributed by atoms with Crippen LogP contribution >= 0.6 is 0 Å². The maximum absolute atomic E-state index is 11.3. The summed E-state index contributed by atoms with van der Waals surface area (Å²) in [6, 6.07) is 0. The van der Waals surface area contributed by atoms with Crippen molar-refractivity contribution >= 4 is 5.97 Å². The molecule has 0 spiro atoms. The fourth-order valence-corrected chi connectivity index (χ4v) is 4.94. The molecule has 0 heterocycles. The second kappa shape index (κ2) is 5.26. The third-order valence-electron chi connectivity index (χ3n) is 6.03. The Morgan fingerprint density at radius 3 is 3.00 bits per heavy atom. The van der Waals surface area contributed by atoms with Crippen LogP contribution in [0, 0.1) is 17.3 Å². The van der Waals surface area contributed by atoms with Crippen molar-refractivity contribution in [2.75, 3.05) is 6.61 Å². The summed E-state index contributed by atoms with van der Waals surface area (Å²) in [6.45, 7) is 2.00. The fourth-order valence-electron chi connectivity index (χ4n) is 4.94. The molecule has 3 atom stereocenters. The van der Waals surface area contributed by atoms with Crippen LogP contribution in [0.1, 0.15) is 45.4 Å². The van der Waals surface area contributed by atoms with Crippen molar-refractivity contribution in [2.24, 2.45) is 17.3 Å². The van der Waals surface area contributed by atoms with Crippen molar-refractivity contribution in [1.82, 2.24) is 0 Å². The smallest absolute Gasteiger partial charge is 0.302 e. The highest BCUT2D eigenvalue weighted by Gasteiger charge is 2.46. The number of allylic oxidation sites excluding steroid dienone is 6. The summed E-state index contributed by atoms with van der Waals surface area (Å²) >= 11 is 0. The summed E-state index contributed by atoms with van der Waals surface area (Å²) in [4.78, 5) is 11.3. The van der Waals surface area contributed by atoms with Gasteiger partial charge in [-0.15, -0.1) is 0 Å². The van der Waals surface area contributed by atoms with E-state index in [2.05, 4.69) is 30.4 Å². The van der Waals surface area contributed by atoms with Crippen molar-refractivity contribution in [3.8, 4) is 0 Å². The van der Waals surface area contributed by atoms with Gasteiger partial charge in [-0.25, -0.2) is 0 Å². The maximum atomic E-state index is 11.3. The van der Waals surface area contributed by atoms with Crippen LogP contribution in [-0.2, 0) is 9.53 Å². The molecule has 4 rings (SSSR count). The molecule has 2 saturated carbocycles. The van der Waals surface area contributed by atoms with Crippen LogP contribution in [0.4, 0.5) is 0 Å². The molecule has 2 heteroatoms. The van der Waals surface area contributed by atoms with Gasteiger partial charge >= 0.3 is 5.97 Å². The third kappa shape index (κ3) is 2.12. The molecule has 0 aromatic carbocycles. The van der Waals surface area contributed by atoms with Crippen LogP contribution in [0.25, 0.3) is 0 Å². The van der Waals surface area contributed by atoms with Gasteiger partial charge in [0.15, 0.2) is 0 Å². The lowest BCUT2D eigenvalue weighted by Crippen LogP contribution is -2.37. The summed E-state index contributed by atoms with van der Waals surface area (Å²) in [7, 11) is 0. The second-order valence-corrected chi connectivity index (χ2v) is 7.24. The molecule has 116 valence electrons. The van der Waals surface area contributed by atoms with Gasteiger partial charge in [-0.05, 0) is 55.1 Å². The maximum Gasteiger partial charge on any atom is 0.302 e. The predicted molar refractivity (Wildman–Crippen MR) is 87.1 cm³/mol. The van der Waals surface area contributed by atoms with Crippen LogP contribution < -0.4 is 0 Å². The molecular weight excluding hydrogens is 272 g/mol. The Bertz CT molecular complexity index is 620. The minimum absolute atomic E-state index is 0.0615. The van der Waals surface area contributed by atoms with Gasteiger partial charge < -0.3 is 4.74 Å². The first kappa shape index (κ1) is 14.0. The van der Waals surface area contributed by atoms with Gasteiger partial charge in [-0.1, -0.05) is 42.4 Å². The molecule has 0 amide bonds. The van der Waals surface area contributed by atoms with Crippen molar-refractivity contribution in [3.05, 3.63) is 47.1 Å². The van der Waals surface area contributed by atoms with E-state index in [1.165, 1.54) is 50.2 Å². The first-order valence-corrected chi connectivity index (χ1v) is 8.64. The number of hydrogen-bond acceptors (Lipinski definition) is 2. The minimum atomic E-state index is -0.178. The SMILES string of the molecule is CC(=O)OC[C@@]12C=CC=C1C1=CC=C3CCCC[C@@H]3[C@H]1CC2. The molecule has 0 aliphatic heterocycles. The number of esters is 1. The lowest BCUT2D eigenvalue weighted by molar-refractivity contribution is -0.143. The molecule has 0 aromatic heterocycles. The molecule has 0 radical (unpaired) electrons. The Hall–Kier alpha value is -1.57. The van der Waals surface area contributed by atoms with Crippen molar-refractivity contribution in [2.45, 2.75) is 45.4 Å². The molecule has 0 bridgehead atoms. The Morgan fingerprint density at radius 1 is 1.23 bits per heavy atom. The van der Waals surface area contributed by atoms with E-state index in [-0.39, 0.29) is 11.4 Å². The van der Waals surface area contributed by atoms with E-state index in [4.69, 9.17) is 4.74 Å². The fraction of sp³-hybridized carbons (Fsp3) is 0.550. The zero-order chi connectivity index (χ0) is 15.2. The minimum Gasteiger partial charge on any atom is -0.465 e. The molecule has 22 heavy (non-hydrogen) atoms. The van der Waals surface area contributed by atoms with E-state index >= 15 is 0 Å². The van der Waals surface area contributed by atoms with Crippen molar-refractivity contribution < 1.29 is 9.53 Å². The number of carbonyl (C=O) groups is 1. The van der Waals surface area contributed by atoms with Gasteiger partial charge in [0, 0.05) is 12.3 Å². The zero-order valence-electron chi connectivity index (χ0n) is 13.3. The third-order valence-corrected chi connectivity index (χ3v) is 6.03. The summed E-state index contributed by atoms with van der Waals surface area (Å²) in [5.41, 5.74) is 4.54. The van der Waals surface area contributed by atoms with Gasteiger partial charge in [0.1, 0.15) is 6.61 Å². The quantitative estimate of drug-likeness (QED) is 0.701. The lowest BCUT2D eigenvalue weighted by atomic mass is 9.59. The van der Waals surface area contributed by atoms with Gasteiger partial charge in [-0.2, -0.15) is 0 Å². The lowest BCUT2D eigenvalue weighted by Gasteiger charge is -2.46. The second-order valence-electron chi connectivity index (χ2n) is 7.24. The van der Waals surface area contributed by atoms with E-state index in [9.17, 15) is 4.79 Å². The summed E-state index contributed by atoms with van der Waals surface area (Å²) in [5.74, 6) is 1.28. The Morgan fingerprint density at radius 2 is 2.14 bits per heavy atom. The van der Waals surface area contributed by atoms with E-state index in [1.807, 2.05) is 0 Å². The Labute approximate surface area is 132 Å². The number of rotatable bonds is 2. The number of ether oxygens (including phenoxy) is 1. The number of carbonyl (C=O) groups excluding carboxylic acids is 1. The van der Waals surface area contributed by atoms with E-state index in [1.54, 1.807) is 5.57 Å². The standard InChI is InChI=1S/C20H24O2/c1-14(21)22-13-20-11-4-7-19(20)18-9-8-15-5-2-3-6-16(15)17(18)10-12-20/h4,7-9,11,16-17H,2-3,5-6,10,12-13H2,1H3/t16-,17+,20-/m0/s1. The Balaban J connectivity index is 1.65. The van der Waals surface area contributed by atoms with Crippen molar-refractivity contribution in [1.29, 1.82) is 0 Å². The molecule has 4 aliphatic rings. The van der Waals surface area contributed by atoms with Crippen LogP contribution in [-0.4, -0.2) is 12.6 Å². The average Bonchev–Trinajstić information content (AvgIpc) is 2.97. The normalized spacial score (nSPS) is 35.6. The zero-order valence-corrected chi connectivity index (χ0v) is 13.3. The molecular formula is C20H24O2. The van der Waals surface area contributed by atoms with Crippen LogP contribution in [0.15, 0.2) is 47.1 Å². The van der Waals surface area contributed by atoms with E-state index in [0.29, 0.717) is 12.5 Å². The number of hydrogen-bond donors (Lipinski definition) is 0. The first-order valence-electron chi connectivity index (χ1n) is 8.64. The van der Waals surface area contributed by atoms with Crippen LogP contribution in [0.2, 0.25) is 0 Å². The number of fused-ring (bicyclic) bond motifs is 5. The van der Waals surface area contributed by atoms with Gasteiger partial charge in [0.2, 0.25) is 0 Å². The van der Waals surface area contributed by atoms with Gasteiger partial charge in [0.25, 0.3) is 0 Å². The predicted octanol–water partition coefficient (Wildman–Crippen LogP) is 4.50. The molecule has 0 N–H and O–H groups in total.